The molecule has 0 saturated carbocycles. The van der Waals surface area contributed by atoms with E-state index in [2.05, 4.69) is 44.2 Å². The van der Waals surface area contributed by atoms with E-state index < -0.39 is 0 Å². The molecule has 16 heavy (non-hydrogen) atoms. The van der Waals surface area contributed by atoms with Crippen LogP contribution in [0.15, 0.2) is 33.6 Å². The van der Waals surface area contributed by atoms with Crippen LogP contribution >= 0.6 is 40.3 Å². The summed E-state index contributed by atoms with van der Waals surface area (Å²) >= 11 is 5.28. The average Bonchev–Trinajstić information content (AvgIpc) is 2.29. The number of hydrogen-bond acceptors (Lipinski definition) is 3. The van der Waals surface area contributed by atoms with Gasteiger partial charge in [-0.3, -0.25) is 4.72 Å². The molecule has 0 aromatic heterocycles. The van der Waals surface area contributed by atoms with E-state index in [1.54, 1.807) is 11.9 Å². The molecule has 2 nitrogen and oxygen atoms in total. The van der Waals surface area contributed by atoms with Gasteiger partial charge in [0.15, 0.2) is 0 Å². The van der Waals surface area contributed by atoms with E-state index in [1.165, 1.54) is 17.7 Å². The topological polar surface area (TPSA) is 24.1 Å². The van der Waals surface area contributed by atoms with Crippen molar-refractivity contribution >= 4 is 40.3 Å². The molecule has 0 aliphatic carbocycles. The third kappa shape index (κ3) is 4.26. The molecular formula is C11H16BrClN2S. The van der Waals surface area contributed by atoms with E-state index in [0.717, 1.165) is 17.6 Å². The zero-order chi connectivity index (χ0) is 10.5. The van der Waals surface area contributed by atoms with Crippen molar-refractivity contribution < 1.29 is 0 Å². The Hall–Kier alpha value is 0.260. The van der Waals surface area contributed by atoms with Crippen molar-refractivity contribution in [3.8, 4) is 0 Å². The summed E-state index contributed by atoms with van der Waals surface area (Å²) < 4.78 is 4.69. The van der Waals surface area contributed by atoms with Crippen molar-refractivity contribution in [3.63, 3.8) is 0 Å². The number of piperidine rings is 1. The minimum absolute atomic E-state index is 0. The van der Waals surface area contributed by atoms with Gasteiger partial charge in [0.1, 0.15) is 0 Å². The van der Waals surface area contributed by atoms with E-state index in [0.29, 0.717) is 6.04 Å². The lowest BCUT2D eigenvalue weighted by Crippen LogP contribution is -2.37. The van der Waals surface area contributed by atoms with Crippen LogP contribution in [0.25, 0.3) is 0 Å². The van der Waals surface area contributed by atoms with Crippen LogP contribution in [0.5, 0.6) is 0 Å². The van der Waals surface area contributed by atoms with Crippen molar-refractivity contribution in [1.29, 1.82) is 0 Å². The predicted molar refractivity (Wildman–Crippen MR) is 76.3 cm³/mol. The average molecular weight is 324 g/mol. The van der Waals surface area contributed by atoms with E-state index in [-0.39, 0.29) is 12.4 Å². The first-order valence-corrected chi connectivity index (χ1v) is 6.85. The lowest BCUT2D eigenvalue weighted by molar-refractivity contribution is 0.439. The molecule has 2 N–H and O–H groups in total. The summed E-state index contributed by atoms with van der Waals surface area (Å²) in [5, 5.41) is 3.37. The highest BCUT2D eigenvalue weighted by Crippen LogP contribution is 2.25. The van der Waals surface area contributed by atoms with Gasteiger partial charge in [-0.15, -0.1) is 12.4 Å². The van der Waals surface area contributed by atoms with Crippen molar-refractivity contribution in [2.24, 2.45) is 0 Å². The molecule has 0 atom stereocenters. The van der Waals surface area contributed by atoms with E-state index in [4.69, 9.17) is 0 Å². The summed E-state index contributed by atoms with van der Waals surface area (Å²) in [5.74, 6) is 0. The second kappa shape index (κ2) is 7.56. The summed E-state index contributed by atoms with van der Waals surface area (Å²) in [4.78, 5) is 1.26. The maximum atomic E-state index is 3.55. The minimum atomic E-state index is 0. The Balaban J connectivity index is 0.00000128. The van der Waals surface area contributed by atoms with Crippen molar-refractivity contribution in [3.05, 3.63) is 28.7 Å². The van der Waals surface area contributed by atoms with Crippen molar-refractivity contribution in [2.45, 2.75) is 23.8 Å². The summed E-state index contributed by atoms with van der Waals surface area (Å²) in [5.41, 5.74) is 0. The van der Waals surface area contributed by atoms with Gasteiger partial charge in [0.2, 0.25) is 0 Å². The lowest BCUT2D eigenvalue weighted by Gasteiger charge is -2.23. The first-order chi connectivity index (χ1) is 7.36. The Morgan fingerprint density at radius 3 is 2.62 bits per heavy atom. The molecule has 1 aliphatic heterocycles. The lowest BCUT2D eigenvalue weighted by atomic mass is 10.1. The maximum Gasteiger partial charge on any atom is 0.0370 e. The van der Waals surface area contributed by atoms with Crippen LogP contribution in [0.2, 0.25) is 0 Å². The summed E-state index contributed by atoms with van der Waals surface area (Å²) in [6, 6.07) is 8.95. The van der Waals surface area contributed by atoms with Crippen LogP contribution in [0, 0.1) is 0 Å². The smallest absolute Gasteiger partial charge is 0.0370 e. The molecule has 0 unspecified atom stereocenters. The van der Waals surface area contributed by atoms with Gasteiger partial charge in [-0.2, -0.15) is 0 Å². The van der Waals surface area contributed by atoms with Crippen LogP contribution < -0.4 is 10.0 Å². The Morgan fingerprint density at radius 2 is 1.94 bits per heavy atom. The van der Waals surface area contributed by atoms with Crippen molar-refractivity contribution in [1.82, 2.24) is 10.0 Å². The molecule has 1 aromatic carbocycles. The largest absolute Gasteiger partial charge is 0.317 e. The summed E-state index contributed by atoms with van der Waals surface area (Å²) in [7, 11) is 0. The van der Waals surface area contributed by atoms with E-state index >= 15 is 0 Å². The number of halogens is 2. The van der Waals surface area contributed by atoms with Gasteiger partial charge >= 0.3 is 0 Å². The third-order valence-electron chi connectivity index (χ3n) is 2.51. The van der Waals surface area contributed by atoms with Gasteiger partial charge in [-0.05, 0) is 65.9 Å². The Morgan fingerprint density at radius 1 is 1.25 bits per heavy atom. The zero-order valence-electron chi connectivity index (χ0n) is 8.91. The van der Waals surface area contributed by atoms with E-state index in [1.807, 2.05) is 6.07 Å². The highest BCUT2D eigenvalue weighted by molar-refractivity contribution is 9.10. The number of hydrogen-bond donors (Lipinski definition) is 2. The van der Waals surface area contributed by atoms with Crippen LogP contribution in [0.3, 0.4) is 0 Å². The van der Waals surface area contributed by atoms with Gasteiger partial charge < -0.3 is 5.32 Å². The minimum Gasteiger partial charge on any atom is -0.317 e. The monoisotopic (exact) mass is 322 g/mol. The third-order valence-corrected chi connectivity index (χ3v) is 4.49. The maximum absolute atomic E-state index is 3.55. The molecule has 0 radical (unpaired) electrons. The molecule has 90 valence electrons. The highest BCUT2D eigenvalue weighted by Gasteiger charge is 2.12. The molecule has 1 saturated heterocycles. The molecule has 1 fully saturated rings. The SMILES string of the molecule is Brc1ccccc1SNC1CCNCC1.Cl. The van der Waals surface area contributed by atoms with Gasteiger partial charge in [-0.1, -0.05) is 12.1 Å². The fourth-order valence-electron chi connectivity index (χ4n) is 1.61. The van der Waals surface area contributed by atoms with Gasteiger partial charge in [-0.25, -0.2) is 0 Å². The van der Waals surface area contributed by atoms with Gasteiger partial charge in [0.25, 0.3) is 0 Å². The van der Waals surface area contributed by atoms with Crippen LogP contribution in [-0.2, 0) is 0 Å². The summed E-state index contributed by atoms with van der Waals surface area (Å²) in [6.45, 7) is 2.27. The fourth-order valence-corrected chi connectivity index (χ4v) is 2.98. The quantitative estimate of drug-likeness (QED) is 0.835. The van der Waals surface area contributed by atoms with Gasteiger partial charge in [0, 0.05) is 15.4 Å². The molecule has 2 rings (SSSR count). The molecule has 1 heterocycles. The molecule has 0 bridgehead atoms. The van der Waals surface area contributed by atoms with E-state index in [9.17, 15) is 0 Å². The molecule has 1 aromatic rings. The molecule has 5 heteroatoms. The number of rotatable bonds is 3. The van der Waals surface area contributed by atoms with Gasteiger partial charge in [0.05, 0.1) is 0 Å². The first kappa shape index (κ1) is 14.3. The fraction of sp³-hybridized carbons (Fsp3) is 0.455. The normalized spacial score (nSPS) is 16.8. The molecule has 0 amide bonds. The first-order valence-electron chi connectivity index (χ1n) is 5.24. The van der Waals surface area contributed by atoms with Crippen LogP contribution in [0.4, 0.5) is 0 Å². The zero-order valence-corrected chi connectivity index (χ0v) is 12.1. The Kier molecular flexibility index (Phi) is 6.77. The Bertz CT molecular complexity index is 319. The molecule has 1 aliphatic rings. The standard InChI is InChI=1S/C11H15BrN2S.ClH/c12-10-3-1-2-4-11(10)15-14-9-5-7-13-8-6-9;/h1-4,9,13-14H,5-8H2;1H. The Labute approximate surface area is 116 Å². The van der Waals surface area contributed by atoms with Crippen molar-refractivity contribution in [2.75, 3.05) is 13.1 Å². The second-order valence-corrected chi connectivity index (χ2v) is 5.41. The molecule has 0 spiro atoms. The molecular weight excluding hydrogens is 308 g/mol. The summed E-state index contributed by atoms with van der Waals surface area (Å²) in [6.07, 6.45) is 2.44. The second-order valence-electron chi connectivity index (χ2n) is 3.67. The number of nitrogens with one attached hydrogen (secondary N) is 2. The number of benzene rings is 1. The predicted octanol–water partition coefficient (Wildman–Crippen LogP) is 3.22. The highest BCUT2D eigenvalue weighted by atomic mass is 79.9. The van der Waals surface area contributed by atoms with Crippen LogP contribution in [0.1, 0.15) is 12.8 Å². The van der Waals surface area contributed by atoms with Crippen LogP contribution in [-0.4, -0.2) is 19.1 Å².